The summed E-state index contributed by atoms with van der Waals surface area (Å²) >= 11 is 5.43. The number of amides is 2. The summed E-state index contributed by atoms with van der Waals surface area (Å²) in [5, 5.41) is 9.04. The fourth-order valence-electron chi connectivity index (χ4n) is 6.50. The molecule has 6 atom stereocenters. The summed E-state index contributed by atoms with van der Waals surface area (Å²) in [5.74, 6) is -1.74. The van der Waals surface area contributed by atoms with Crippen LogP contribution in [0.5, 0.6) is 0 Å². The third-order valence-electron chi connectivity index (χ3n) is 8.12. The highest BCUT2D eigenvalue weighted by Gasteiger charge is 2.76. The van der Waals surface area contributed by atoms with E-state index < -0.39 is 22.6 Å². The second-order valence-electron chi connectivity index (χ2n) is 10.6. The van der Waals surface area contributed by atoms with Gasteiger partial charge in [-0.25, -0.2) is 0 Å². The van der Waals surface area contributed by atoms with E-state index in [9.17, 15) is 14.4 Å². The Balaban J connectivity index is 1.75. The third kappa shape index (κ3) is 5.06. The lowest BCUT2D eigenvalue weighted by molar-refractivity contribution is -0.153. The zero-order valence-corrected chi connectivity index (χ0v) is 24.9. The lowest BCUT2D eigenvalue weighted by Gasteiger charge is -2.38. The summed E-state index contributed by atoms with van der Waals surface area (Å²) in [6.07, 6.45) is 5.53. The van der Waals surface area contributed by atoms with E-state index in [4.69, 9.17) is 9.84 Å². The van der Waals surface area contributed by atoms with Crippen LogP contribution in [0.2, 0.25) is 0 Å². The summed E-state index contributed by atoms with van der Waals surface area (Å²) in [4.78, 5) is 45.5. The molecule has 1 N–H and O–H groups in total. The van der Waals surface area contributed by atoms with E-state index >= 15 is 0 Å². The summed E-state index contributed by atoms with van der Waals surface area (Å²) < 4.78 is 4.74. The number of nitrogens with zero attached hydrogens (tertiary/aromatic N) is 2. The van der Waals surface area contributed by atoms with E-state index in [-0.39, 0.29) is 41.1 Å². The summed E-state index contributed by atoms with van der Waals surface area (Å²) in [6, 6.07) is 5.35. The lowest BCUT2D eigenvalue weighted by atomic mass is 9.71. The molecule has 7 nitrogen and oxygen atoms in total. The van der Waals surface area contributed by atoms with Gasteiger partial charge in [-0.05, 0) is 57.2 Å². The Hall–Kier alpha value is -1.84. The molecule has 1 aromatic carbocycles. The molecule has 1 spiro atoms. The molecule has 0 aromatic heterocycles. The van der Waals surface area contributed by atoms with E-state index in [1.807, 2.05) is 32.0 Å². The molecule has 3 aliphatic heterocycles. The van der Waals surface area contributed by atoms with Gasteiger partial charge in [-0.3, -0.25) is 14.4 Å². The van der Waals surface area contributed by atoms with Gasteiger partial charge >= 0.3 is 5.97 Å². The van der Waals surface area contributed by atoms with Crippen LogP contribution in [0.25, 0.3) is 0 Å². The van der Waals surface area contributed by atoms with E-state index in [2.05, 4.69) is 22.5 Å². The molecule has 2 amide bonds. The fraction of sp³-hybridized carbons (Fsp3) is 0.621. The molecule has 2 bridgehead atoms. The van der Waals surface area contributed by atoms with Crippen molar-refractivity contribution in [3.8, 4) is 0 Å². The van der Waals surface area contributed by atoms with Crippen LogP contribution in [0.3, 0.4) is 0 Å². The van der Waals surface area contributed by atoms with Crippen LogP contribution in [0.4, 0.5) is 5.69 Å². The van der Waals surface area contributed by atoms with Gasteiger partial charge in [0.1, 0.15) is 6.04 Å². The topological polar surface area (TPSA) is 87.2 Å². The Bertz CT molecular complexity index is 1080. The molecule has 3 fully saturated rings. The number of aliphatic hydroxyl groups excluding tert-OH is 1. The Morgan fingerprint density at radius 3 is 2.71 bits per heavy atom. The average molecular weight is 608 g/mol. The van der Waals surface area contributed by atoms with Crippen molar-refractivity contribution in [2.75, 3.05) is 31.2 Å². The maximum Gasteiger partial charge on any atom is 0.310 e. The molecule has 0 saturated carbocycles. The highest BCUT2D eigenvalue weighted by atomic mass is 79.9. The number of unbranched alkanes of at least 4 members (excludes halogenated alkanes) is 3. The van der Waals surface area contributed by atoms with Crippen LogP contribution in [0, 0.1) is 25.7 Å². The number of rotatable bonds is 12. The number of fused-ring (bicyclic) bond motifs is 1. The SMILES string of the molecule is C=CCN(C(=O)C1N(CCCCCCO)C(=O)[C@@H]2[C@@H](C(=O)OCC)[C@@H]3SC12CC3Br)c1cc(C)ccc1C. The van der Waals surface area contributed by atoms with E-state index in [1.165, 1.54) is 0 Å². The number of anilines is 1. The predicted octanol–water partition coefficient (Wildman–Crippen LogP) is 4.40. The van der Waals surface area contributed by atoms with Gasteiger partial charge < -0.3 is 19.6 Å². The number of hydrogen-bond donors (Lipinski definition) is 1. The van der Waals surface area contributed by atoms with Crippen molar-refractivity contribution >= 4 is 51.2 Å². The zero-order valence-electron chi connectivity index (χ0n) is 22.5. The second kappa shape index (κ2) is 12.1. The number of aliphatic hydroxyl groups is 1. The van der Waals surface area contributed by atoms with Gasteiger partial charge in [0.15, 0.2) is 0 Å². The number of benzene rings is 1. The number of carbonyl (C=O) groups excluding carboxylic acids is 3. The fourth-order valence-corrected chi connectivity index (χ4v) is 10.1. The molecule has 9 heteroatoms. The van der Waals surface area contributed by atoms with Gasteiger partial charge in [0.25, 0.3) is 5.91 Å². The molecule has 1 aromatic rings. The first-order valence-electron chi connectivity index (χ1n) is 13.6. The van der Waals surface area contributed by atoms with Crippen molar-refractivity contribution in [2.24, 2.45) is 11.8 Å². The highest BCUT2D eigenvalue weighted by Crippen LogP contribution is 2.68. The van der Waals surface area contributed by atoms with Gasteiger partial charge in [-0.1, -0.05) is 47.0 Å². The Morgan fingerprint density at radius 1 is 1.29 bits per heavy atom. The quantitative estimate of drug-likeness (QED) is 0.164. The number of carbonyl (C=O) groups is 3. The minimum atomic E-state index is -0.702. The number of halogens is 1. The van der Waals surface area contributed by atoms with Gasteiger partial charge in [0.2, 0.25) is 5.91 Å². The molecule has 3 heterocycles. The van der Waals surface area contributed by atoms with Crippen LogP contribution >= 0.6 is 27.7 Å². The molecule has 4 rings (SSSR count). The molecule has 3 saturated heterocycles. The summed E-state index contributed by atoms with van der Waals surface area (Å²) in [7, 11) is 0. The first kappa shape index (κ1) is 29.2. The normalized spacial score (nSPS) is 29.4. The molecule has 38 heavy (non-hydrogen) atoms. The van der Waals surface area contributed by atoms with Crippen LogP contribution in [-0.2, 0) is 19.1 Å². The first-order valence-corrected chi connectivity index (χ1v) is 15.4. The maximum atomic E-state index is 14.6. The zero-order chi connectivity index (χ0) is 27.6. The number of ether oxygens (including phenoxy) is 1. The van der Waals surface area contributed by atoms with Crippen molar-refractivity contribution in [1.29, 1.82) is 0 Å². The molecular formula is C29H39BrN2O5S. The van der Waals surface area contributed by atoms with E-state index in [0.717, 1.165) is 42.5 Å². The van der Waals surface area contributed by atoms with Crippen molar-refractivity contribution in [3.63, 3.8) is 0 Å². The third-order valence-corrected chi connectivity index (χ3v) is 11.3. The molecule has 0 aliphatic carbocycles. The Morgan fingerprint density at radius 2 is 2.03 bits per heavy atom. The largest absolute Gasteiger partial charge is 0.466 e. The average Bonchev–Trinajstić information content (AvgIpc) is 3.47. The molecule has 3 unspecified atom stereocenters. The van der Waals surface area contributed by atoms with Gasteiger partial charge in [0, 0.05) is 35.5 Å². The Kier molecular flexibility index (Phi) is 9.30. The number of aryl methyl sites for hydroxylation is 2. The van der Waals surface area contributed by atoms with Crippen LogP contribution in [0.1, 0.15) is 50.2 Å². The summed E-state index contributed by atoms with van der Waals surface area (Å²) in [5.41, 5.74) is 2.84. The van der Waals surface area contributed by atoms with Crippen molar-refractivity contribution in [1.82, 2.24) is 4.90 Å². The van der Waals surface area contributed by atoms with Crippen molar-refractivity contribution in [3.05, 3.63) is 42.0 Å². The number of alkyl halides is 1. The molecular weight excluding hydrogens is 568 g/mol. The standard InChI is InChI=1S/C29H39BrN2O5S/c1-5-13-31(21-16-18(3)11-12-19(21)4)27(35)25-29-17-20(30)24(38-29)22(28(36)37-6-2)23(29)26(34)32(25)14-9-7-8-10-15-33/h5,11-12,16,20,22-25,33H,1,6-10,13-15,17H2,2-4H3/t20?,22-,23+,24-,25?,29?/m1/s1. The van der Waals surface area contributed by atoms with Crippen LogP contribution in [0.15, 0.2) is 30.9 Å². The maximum absolute atomic E-state index is 14.6. The molecule has 3 aliphatic rings. The smallest absolute Gasteiger partial charge is 0.310 e. The minimum absolute atomic E-state index is 0.0133. The highest BCUT2D eigenvalue weighted by molar-refractivity contribution is 9.09. The summed E-state index contributed by atoms with van der Waals surface area (Å²) in [6.45, 7) is 10.8. The predicted molar refractivity (Wildman–Crippen MR) is 155 cm³/mol. The van der Waals surface area contributed by atoms with Crippen molar-refractivity contribution in [2.45, 2.75) is 73.7 Å². The monoisotopic (exact) mass is 606 g/mol. The number of thioether (sulfide) groups is 1. The lowest BCUT2D eigenvalue weighted by Crippen LogP contribution is -2.55. The second-order valence-corrected chi connectivity index (χ2v) is 13.3. The number of esters is 1. The number of likely N-dealkylation sites (tertiary alicyclic amines) is 1. The van der Waals surface area contributed by atoms with Gasteiger partial charge in [-0.15, -0.1) is 18.3 Å². The molecule has 0 radical (unpaired) electrons. The van der Waals surface area contributed by atoms with Gasteiger partial charge in [-0.2, -0.15) is 0 Å². The van der Waals surface area contributed by atoms with E-state index in [1.54, 1.807) is 34.6 Å². The Labute approximate surface area is 238 Å². The minimum Gasteiger partial charge on any atom is -0.466 e. The number of hydrogen-bond acceptors (Lipinski definition) is 6. The van der Waals surface area contributed by atoms with Crippen LogP contribution < -0.4 is 4.90 Å². The molecule has 208 valence electrons. The van der Waals surface area contributed by atoms with Crippen LogP contribution in [-0.4, -0.2) is 75.0 Å². The van der Waals surface area contributed by atoms with Gasteiger partial charge in [0.05, 0.1) is 23.2 Å². The first-order chi connectivity index (χ1) is 18.2. The van der Waals surface area contributed by atoms with Crippen molar-refractivity contribution < 1.29 is 24.2 Å². The van der Waals surface area contributed by atoms with E-state index in [0.29, 0.717) is 19.5 Å².